The zero-order valence-electron chi connectivity index (χ0n) is 8.98. The van der Waals surface area contributed by atoms with Crippen LogP contribution >= 0.6 is 0 Å². The molecule has 1 aromatic rings. The fourth-order valence-corrected chi connectivity index (χ4v) is 2.06. The first-order chi connectivity index (χ1) is 7.29. The van der Waals surface area contributed by atoms with Crippen LogP contribution in [0, 0.1) is 17.2 Å². The Labute approximate surface area is 90.4 Å². The van der Waals surface area contributed by atoms with Crippen molar-refractivity contribution >= 4 is 5.82 Å². The maximum atomic E-state index is 8.78. The van der Waals surface area contributed by atoms with Gasteiger partial charge in [-0.1, -0.05) is 13.0 Å². The maximum absolute atomic E-state index is 8.78. The highest BCUT2D eigenvalue weighted by atomic mass is 15.2. The van der Waals surface area contributed by atoms with Crippen molar-refractivity contribution in [2.75, 3.05) is 18.0 Å². The number of pyridine rings is 1. The van der Waals surface area contributed by atoms with E-state index in [-0.39, 0.29) is 0 Å². The molecule has 1 aliphatic rings. The molecule has 3 nitrogen and oxygen atoms in total. The smallest absolute Gasteiger partial charge is 0.142 e. The summed E-state index contributed by atoms with van der Waals surface area (Å²) in [4.78, 5) is 6.59. The number of anilines is 1. The Bertz CT molecular complexity index is 381. The second-order valence-corrected chi connectivity index (χ2v) is 4.19. The summed E-state index contributed by atoms with van der Waals surface area (Å²) in [5.74, 6) is 1.67. The minimum absolute atomic E-state index is 0.505. The Morgan fingerprint density at radius 2 is 2.40 bits per heavy atom. The molecule has 1 aromatic heterocycles. The first-order valence-electron chi connectivity index (χ1n) is 5.41. The van der Waals surface area contributed by atoms with Gasteiger partial charge in [0.1, 0.15) is 17.6 Å². The normalized spacial score (nSPS) is 21.1. The van der Waals surface area contributed by atoms with Crippen LogP contribution in [0.2, 0.25) is 0 Å². The number of hydrogen-bond donors (Lipinski definition) is 0. The van der Waals surface area contributed by atoms with Crippen LogP contribution in [0.15, 0.2) is 18.2 Å². The minimum atomic E-state index is 0.505. The molecule has 0 aromatic carbocycles. The van der Waals surface area contributed by atoms with E-state index in [0.29, 0.717) is 5.69 Å². The molecule has 0 aliphatic carbocycles. The largest absolute Gasteiger partial charge is 0.356 e. The van der Waals surface area contributed by atoms with Gasteiger partial charge in [0.25, 0.3) is 0 Å². The minimum Gasteiger partial charge on any atom is -0.356 e. The summed E-state index contributed by atoms with van der Waals surface area (Å²) in [5.41, 5.74) is 0.505. The van der Waals surface area contributed by atoms with Gasteiger partial charge in [0, 0.05) is 13.1 Å². The lowest BCUT2D eigenvalue weighted by molar-refractivity contribution is 0.444. The second kappa shape index (κ2) is 4.31. The molecule has 0 amide bonds. The standard InChI is InChI=1S/C12H15N3/c1-10-4-3-7-15(9-10)12-6-2-5-11(8-13)14-12/h2,5-6,10H,3-4,7,9H2,1H3. The van der Waals surface area contributed by atoms with E-state index in [1.165, 1.54) is 12.8 Å². The molecule has 15 heavy (non-hydrogen) atoms. The maximum Gasteiger partial charge on any atom is 0.142 e. The summed E-state index contributed by atoms with van der Waals surface area (Å²) < 4.78 is 0. The fraction of sp³-hybridized carbons (Fsp3) is 0.500. The van der Waals surface area contributed by atoms with E-state index in [9.17, 15) is 0 Å². The van der Waals surface area contributed by atoms with Gasteiger partial charge in [-0.15, -0.1) is 0 Å². The first kappa shape index (κ1) is 9.97. The van der Waals surface area contributed by atoms with Gasteiger partial charge in [-0.05, 0) is 30.9 Å². The summed E-state index contributed by atoms with van der Waals surface area (Å²) in [6, 6.07) is 7.71. The summed E-state index contributed by atoms with van der Waals surface area (Å²) in [7, 11) is 0. The Hall–Kier alpha value is -1.56. The summed E-state index contributed by atoms with van der Waals surface area (Å²) >= 11 is 0. The van der Waals surface area contributed by atoms with Crippen LogP contribution in [0.3, 0.4) is 0 Å². The molecule has 0 spiro atoms. The number of hydrogen-bond acceptors (Lipinski definition) is 3. The van der Waals surface area contributed by atoms with E-state index in [2.05, 4.69) is 22.9 Å². The molecule has 1 aliphatic heterocycles. The quantitative estimate of drug-likeness (QED) is 0.699. The zero-order valence-corrected chi connectivity index (χ0v) is 8.98. The first-order valence-corrected chi connectivity index (χ1v) is 5.41. The molecular weight excluding hydrogens is 186 g/mol. The van der Waals surface area contributed by atoms with Crippen LogP contribution in [0.25, 0.3) is 0 Å². The monoisotopic (exact) mass is 201 g/mol. The molecule has 2 rings (SSSR count). The van der Waals surface area contributed by atoms with Crippen molar-refractivity contribution in [3.8, 4) is 6.07 Å². The van der Waals surface area contributed by atoms with Crippen molar-refractivity contribution in [3.63, 3.8) is 0 Å². The fourth-order valence-electron chi connectivity index (χ4n) is 2.06. The van der Waals surface area contributed by atoms with Gasteiger partial charge in [-0.2, -0.15) is 5.26 Å². The van der Waals surface area contributed by atoms with Crippen LogP contribution < -0.4 is 4.90 Å². The summed E-state index contributed by atoms with van der Waals surface area (Å²) in [5, 5.41) is 8.78. The SMILES string of the molecule is CC1CCCN(c2cccc(C#N)n2)C1. The van der Waals surface area contributed by atoms with Crippen molar-refractivity contribution in [1.82, 2.24) is 4.98 Å². The van der Waals surface area contributed by atoms with E-state index in [1.54, 1.807) is 6.07 Å². The van der Waals surface area contributed by atoms with E-state index in [0.717, 1.165) is 24.8 Å². The van der Waals surface area contributed by atoms with Crippen LogP contribution in [0.5, 0.6) is 0 Å². The highest BCUT2D eigenvalue weighted by molar-refractivity contribution is 5.41. The molecule has 1 fully saturated rings. The van der Waals surface area contributed by atoms with E-state index in [1.807, 2.05) is 12.1 Å². The lowest BCUT2D eigenvalue weighted by Gasteiger charge is -2.31. The Morgan fingerprint density at radius 1 is 1.53 bits per heavy atom. The third kappa shape index (κ3) is 2.27. The van der Waals surface area contributed by atoms with Crippen LogP contribution in [0.1, 0.15) is 25.5 Å². The van der Waals surface area contributed by atoms with Crippen molar-refractivity contribution in [2.45, 2.75) is 19.8 Å². The van der Waals surface area contributed by atoms with Gasteiger partial charge in [-0.3, -0.25) is 0 Å². The molecule has 3 heteroatoms. The Kier molecular flexibility index (Phi) is 2.86. The lowest BCUT2D eigenvalue weighted by Crippen LogP contribution is -2.34. The molecule has 0 radical (unpaired) electrons. The molecule has 0 N–H and O–H groups in total. The topological polar surface area (TPSA) is 39.9 Å². The van der Waals surface area contributed by atoms with E-state index >= 15 is 0 Å². The van der Waals surface area contributed by atoms with Crippen molar-refractivity contribution in [2.24, 2.45) is 5.92 Å². The average molecular weight is 201 g/mol. The predicted octanol–water partition coefficient (Wildman–Crippen LogP) is 2.19. The molecule has 1 unspecified atom stereocenters. The molecule has 0 bridgehead atoms. The van der Waals surface area contributed by atoms with Gasteiger partial charge in [0.05, 0.1) is 0 Å². The molecule has 2 heterocycles. The highest BCUT2D eigenvalue weighted by Crippen LogP contribution is 2.21. The van der Waals surface area contributed by atoms with Gasteiger partial charge in [0.2, 0.25) is 0 Å². The van der Waals surface area contributed by atoms with Crippen LogP contribution in [-0.2, 0) is 0 Å². The van der Waals surface area contributed by atoms with E-state index < -0.39 is 0 Å². The van der Waals surface area contributed by atoms with E-state index in [4.69, 9.17) is 5.26 Å². The summed E-state index contributed by atoms with van der Waals surface area (Å²) in [6.45, 7) is 4.38. The molecular formula is C12H15N3. The summed E-state index contributed by atoms with van der Waals surface area (Å²) in [6.07, 6.45) is 2.52. The number of aromatic nitrogens is 1. The van der Waals surface area contributed by atoms with Crippen molar-refractivity contribution in [1.29, 1.82) is 5.26 Å². The predicted molar refractivity (Wildman–Crippen MR) is 59.6 cm³/mol. The van der Waals surface area contributed by atoms with Crippen LogP contribution in [-0.4, -0.2) is 18.1 Å². The third-order valence-electron chi connectivity index (χ3n) is 2.83. The molecule has 1 saturated heterocycles. The van der Waals surface area contributed by atoms with Crippen molar-refractivity contribution in [3.05, 3.63) is 23.9 Å². The van der Waals surface area contributed by atoms with Gasteiger partial charge >= 0.3 is 0 Å². The zero-order chi connectivity index (χ0) is 10.7. The number of piperidine rings is 1. The van der Waals surface area contributed by atoms with Gasteiger partial charge in [0.15, 0.2) is 0 Å². The number of nitriles is 1. The molecule has 1 atom stereocenters. The molecule has 78 valence electrons. The number of rotatable bonds is 1. The highest BCUT2D eigenvalue weighted by Gasteiger charge is 2.17. The van der Waals surface area contributed by atoms with Gasteiger partial charge in [-0.25, -0.2) is 4.98 Å². The van der Waals surface area contributed by atoms with Gasteiger partial charge < -0.3 is 4.90 Å². The van der Waals surface area contributed by atoms with Crippen molar-refractivity contribution < 1.29 is 0 Å². The second-order valence-electron chi connectivity index (χ2n) is 4.19. The van der Waals surface area contributed by atoms with Crippen LogP contribution in [0.4, 0.5) is 5.82 Å². The third-order valence-corrected chi connectivity index (χ3v) is 2.83. The molecule has 0 saturated carbocycles. The Morgan fingerprint density at radius 3 is 3.13 bits per heavy atom. The number of nitrogens with zero attached hydrogens (tertiary/aromatic N) is 3. The Balaban J connectivity index is 2.18. The average Bonchev–Trinajstić information content (AvgIpc) is 2.29. The lowest BCUT2D eigenvalue weighted by atomic mass is 10.0.